The molecule has 0 aromatic heterocycles. The van der Waals surface area contributed by atoms with Crippen molar-refractivity contribution in [3.05, 3.63) is 66.2 Å². The predicted octanol–water partition coefficient (Wildman–Crippen LogP) is 3.89. The van der Waals surface area contributed by atoms with Crippen LogP contribution < -0.4 is 15.5 Å². The van der Waals surface area contributed by atoms with Gasteiger partial charge in [0.1, 0.15) is 17.5 Å². The van der Waals surface area contributed by atoms with E-state index < -0.39 is 6.04 Å². The minimum Gasteiger partial charge on any atom is -0.507 e. The lowest BCUT2D eigenvalue weighted by molar-refractivity contribution is -0.121. The molecule has 0 spiro atoms. The summed E-state index contributed by atoms with van der Waals surface area (Å²) in [6, 6.07) is 18.0. The molecule has 3 rings (SSSR count). The molecule has 1 amide bonds. The zero-order valence-electron chi connectivity index (χ0n) is 15.8. The van der Waals surface area contributed by atoms with Crippen LogP contribution in [0.1, 0.15) is 19.4 Å². The normalized spacial score (nSPS) is 12.1. The second kappa shape index (κ2) is 8.90. The van der Waals surface area contributed by atoms with Gasteiger partial charge >= 0.3 is 0 Å². The largest absolute Gasteiger partial charge is 0.507 e. The van der Waals surface area contributed by atoms with Crippen molar-refractivity contribution in [2.75, 3.05) is 11.9 Å². The Balaban J connectivity index is 1.63. The maximum absolute atomic E-state index is 12.3. The minimum absolute atomic E-state index is 0.109. The number of anilines is 1. The number of fused-ring (bicyclic) bond motifs is 1. The summed E-state index contributed by atoms with van der Waals surface area (Å²) in [5.41, 5.74) is 3.87. The molecule has 28 heavy (non-hydrogen) atoms. The number of carbonyl (C=O) groups excluding carboxylic acids is 1. The number of rotatable bonds is 7. The first kappa shape index (κ1) is 19.2. The number of phenols is 1. The van der Waals surface area contributed by atoms with Crippen LogP contribution in [0.4, 0.5) is 5.69 Å². The molecule has 0 saturated carbocycles. The molecule has 0 radical (unpaired) electrons. The van der Waals surface area contributed by atoms with Gasteiger partial charge in [0.15, 0.2) is 0 Å². The number of carbonyl (C=O) groups is 1. The number of nitrogens with one attached hydrogen (secondary N) is 2. The van der Waals surface area contributed by atoms with Crippen LogP contribution in [0.2, 0.25) is 0 Å². The molecule has 0 aliphatic rings. The molecular formula is C22H23N3O3. The van der Waals surface area contributed by atoms with E-state index in [0.717, 1.165) is 22.2 Å². The van der Waals surface area contributed by atoms with E-state index in [4.69, 9.17) is 4.74 Å². The Kier molecular flexibility index (Phi) is 6.11. The van der Waals surface area contributed by atoms with Gasteiger partial charge in [-0.25, -0.2) is 5.43 Å². The van der Waals surface area contributed by atoms with Crippen LogP contribution in [0.15, 0.2) is 65.8 Å². The fraction of sp³-hybridized carbons (Fsp3) is 0.182. The summed E-state index contributed by atoms with van der Waals surface area (Å²) in [6.07, 6.45) is 1.46. The van der Waals surface area contributed by atoms with Crippen molar-refractivity contribution < 1.29 is 14.6 Å². The third-order valence-corrected chi connectivity index (χ3v) is 4.26. The molecule has 1 unspecified atom stereocenters. The average molecular weight is 377 g/mol. The van der Waals surface area contributed by atoms with Gasteiger partial charge in [-0.15, -0.1) is 0 Å². The van der Waals surface area contributed by atoms with E-state index >= 15 is 0 Å². The molecule has 6 heteroatoms. The van der Waals surface area contributed by atoms with E-state index in [1.165, 1.54) is 6.21 Å². The molecule has 0 aliphatic carbocycles. The minimum atomic E-state index is -0.490. The quantitative estimate of drug-likeness (QED) is 0.431. The van der Waals surface area contributed by atoms with Gasteiger partial charge < -0.3 is 15.2 Å². The monoisotopic (exact) mass is 377 g/mol. The molecule has 0 heterocycles. The van der Waals surface area contributed by atoms with Crippen LogP contribution in [-0.2, 0) is 4.79 Å². The standard InChI is InChI=1S/C22H23N3O3/c1-3-28-18-11-9-17(10-12-18)24-15(2)22(27)25-23-14-20-19-7-5-4-6-16(19)8-13-21(20)26/h4-15,24,26H,3H2,1-2H3,(H,25,27)/b23-14+. The summed E-state index contributed by atoms with van der Waals surface area (Å²) < 4.78 is 5.40. The number of amides is 1. The predicted molar refractivity (Wildman–Crippen MR) is 112 cm³/mol. The lowest BCUT2D eigenvalue weighted by Gasteiger charge is -2.14. The molecule has 0 aliphatic heterocycles. The Morgan fingerprint density at radius 3 is 2.64 bits per heavy atom. The van der Waals surface area contributed by atoms with Crippen LogP contribution in [0.3, 0.4) is 0 Å². The number of aromatic hydroxyl groups is 1. The topological polar surface area (TPSA) is 83.0 Å². The highest BCUT2D eigenvalue weighted by molar-refractivity contribution is 6.02. The van der Waals surface area contributed by atoms with Crippen molar-refractivity contribution >= 4 is 28.6 Å². The first-order chi connectivity index (χ1) is 13.6. The number of hydrazone groups is 1. The van der Waals surface area contributed by atoms with Crippen molar-refractivity contribution in [3.8, 4) is 11.5 Å². The first-order valence-corrected chi connectivity index (χ1v) is 9.11. The number of ether oxygens (including phenoxy) is 1. The molecule has 6 nitrogen and oxygen atoms in total. The van der Waals surface area contributed by atoms with Gasteiger partial charge in [-0.2, -0.15) is 5.10 Å². The van der Waals surface area contributed by atoms with Crippen molar-refractivity contribution in [3.63, 3.8) is 0 Å². The fourth-order valence-electron chi connectivity index (χ4n) is 2.81. The van der Waals surface area contributed by atoms with Gasteiger partial charge in [0.2, 0.25) is 0 Å². The molecule has 1 atom stereocenters. The third-order valence-electron chi connectivity index (χ3n) is 4.26. The highest BCUT2D eigenvalue weighted by Crippen LogP contribution is 2.25. The molecular weight excluding hydrogens is 354 g/mol. The highest BCUT2D eigenvalue weighted by Gasteiger charge is 2.12. The first-order valence-electron chi connectivity index (χ1n) is 9.11. The number of nitrogens with zero attached hydrogens (tertiary/aromatic N) is 1. The summed E-state index contributed by atoms with van der Waals surface area (Å²) in [7, 11) is 0. The fourth-order valence-corrected chi connectivity index (χ4v) is 2.81. The number of phenolic OH excluding ortho intramolecular Hbond substituents is 1. The van der Waals surface area contributed by atoms with Crippen LogP contribution >= 0.6 is 0 Å². The van der Waals surface area contributed by atoms with Gasteiger partial charge in [-0.1, -0.05) is 30.3 Å². The molecule has 3 aromatic rings. The van der Waals surface area contributed by atoms with Crippen LogP contribution in [-0.4, -0.2) is 29.9 Å². The van der Waals surface area contributed by atoms with E-state index in [1.807, 2.05) is 61.5 Å². The second-order valence-corrected chi connectivity index (χ2v) is 6.28. The second-order valence-electron chi connectivity index (χ2n) is 6.28. The zero-order valence-corrected chi connectivity index (χ0v) is 15.8. The molecule has 144 valence electrons. The van der Waals surface area contributed by atoms with E-state index in [0.29, 0.717) is 12.2 Å². The van der Waals surface area contributed by atoms with E-state index in [-0.39, 0.29) is 11.7 Å². The summed E-state index contributed by atoms with van der Waals surface area (Å²) in [6.45, 7) is 4.28. The molecule has 0 saturated heterocycles. The van der Waals surface area contributed by atoms with Gasteiger partial charge in [-0.05, 0) is 55.0 Å². The summed E-state index contributed by atoms with van der Waals surface area (Å²) in [5, 5.41) is 19.1. The zero-order chi connectivity index (χ0) is 19.9. The number of hydrogen-bond donors (Lipinski definition) is 3. The third kappa shape index (κ3) is 4.59. The Morgan fingerprint density at radius 2 is 1.89 bits per heavy atom. The van der Waals surface area contributed by atoms with Crippen molar-refractivity contribution in [1.82, 2.24) is 5.43 Å². The van der Waals surface area contributed by atoms with E-state index in [1.54, 1.807) is 13.0 Å². The molecule has 0 bridgehead atoms. The van der Waals surface area contributed by atoms with Crippen LogP contribution in [0.5, 0.6) is 11.5 Å². The molecule has 3 N–H and O–H groups in total. The lowest BCUT2D eigenvalue weighted by Crippen LogP contribution is -2.34. The molecule has 0 fully saturated rings. The summed E-state index contributed by atoms with van der Waals surface area (Å²) in [5.74, 6) is 0.603. The van der Waals surface area contributed by atoms with Crippen LogP contribution in [0, 0.1) is 0 Å². The van der Waals surface area contributed by atoms with E-state index in [9.17, 15) is 9.90 Å². The van der Waals surface area contributed by atoms with Crippen molar-refractivity contribution in [2.24, 2.45) is 5.10 Å². The van der Waals surface area contributed by atoms with Gasteiger partial charge in [0, 0.05) is 11.3 Å². The summed E-state index contributed by atoms with van der Waals surface area (Å²) in [4.78, 5) is 12.3. The Bertz CT molecular complexity index is 984. The smallest absolute Gasteiger partial charge is 0.262 e. The van der Waals surface area contributed by atoms with Crippen molar-refractivity contribution in [2.45, 2.75) is 19.9 Å². The van der Waals surface area contributed by atoms with E-state index in [2.05, 4.69) is 15.8 Å². The number of benzene rings is 3. The molecule has 3 aromatic carbocycles. The highest BCUT2D eigenvalue weighted by atomic mass is 16.5. The van der Waals surface area contributed by atoms with Crippen LogP contribution in [0.25, 0.3) is 10.8 Å². The Morgan fingerprint density at radius 1 is 1.14 bits per heavy atom. The maximum atomic E-state index is 12.3. The number of hydrogen-bond acceptors (Lipinski definition) is 5. The van der Waals surface area contributed by atoms with Gasteiger partial charge in [0.05, 0.1) is 12.8 Å². The SMILES string of the molecule is CCOc1ccc(NC(C)C(=O)N/N=C/c2c(O)ccc3ccccc23)cc1. The van der Waals surface area contributed by atoms with Gasteiger partial charge in [0.25, 0.3) is 5.91 Å². The lowest BCUT2D eigenvalue weighted by atomic mass is 10.0. The Labute approximate surface area is 163 Å². The maximum Gasteiger partial charge on any atom is 0.262 e. The van der Waals surface area contributed by atoms with Crippen molar-refractivity contribution in [1.29, 1.82) is 0 Å². The van der Waals surface area contributed by atoms with Gasteiger partial charge in [-0.3, -0.25) is 4.79 Å². The summed E-state index contributed by atoms with van der Waals surface area (Å²) >= 11 is 0. The Hall–Kier alpha value is -3.54. The average Bonchev–Trinajstić information content (AvgIpc) is 2.71.